The minimum atomic E-state index is -3.24. The van der Waals surface area contributed by atoms with Crippen molar-refractivity contribution >= 4 is 39.1 Å². The highest BCUT2D eigenvalue weighted by molar-refractivity contribution is 7.88. The molecule has 1 heterocycles. The molecule has 0 aliphatic carbocycles. The van der Waals surface area contributed by atoms with E-state index < -0.39 is 27.3 Å². The monoisotopic (exact) mass is 545 g/mol. The van der Waals surface area contributed by atoms with Crippen LogP contribution in [0.4, 0.5) is 4.39 Å². The number of carbonyl (C=O) groups excluding carboxylic acids is 1. The van der Waals surface area contributed by atoms with Crippen LogP contribution in [0.3, 0.4) is 0 Å². The van der Waals surface area contributed by atoms with Gasteiger partial charge in [-0.3, -0.25) is 4.79 Å². The van der Waals surface area contributed by atoms with Gasteiger partial charge in [0.15, 0.2) is 0 Å². The number of rotatable bonds is 9. The van der Waals surface area contributed by atoms with Crippen molar-refractivity contribution in [3.63, 3.8) is 0 Å². The molecule has 0 bridgehead atoms. The Morgan fingerprint density at radius 3 is 2.29 bits per heavy atom. The van der Waals surface area contributed by atoms with E-state index in [1.54, 1.807) is 25.1 Å². The second-order valence-electron chi connectivity index (χ2n) is 8.97. The van der Waals surface area contributed by atoms with Crippen LogP contribution in [0, 0.1) is 5.82 Å². The Balaban J connectivity index is 1.80. The number of nitrogens with zero attached hydrogens (tertiary/aromatic N) is 2. The quantitative estimate of drug-likeness (QED) is 0.505. The zero-order valence-electron chi connectivity index (χ0n) is 19.7. The van der Waals surface area contributed by atoms with Gasteiger partial charge in [-0.1, -0.05) is 41.4 Å². The van der Waals surface area contributed by atoms with Crippen molar-refractivity contribution in [1.82, 2.24) is 14.5 Å². The van der Waals surface area contributed by atoms with Gasteiger partial charge >= 0.3 is 0 Å². The summed E-state index contributed by atoms with van der Waals surface area (Å²) in [6.45, 7) is 3.89. The van der Waals surface area contributed by atoms with E-state index in [9.17, 15) is 22.7 Å². The number of benzene rings is 2. The molecule has 0 radical (unpaired) electrons. The highest BCUT2D eigenvalue weighted by atomic mass is 35.5. The summed E-state index contributed by atoms with van der Waals surface area (Å²) in [5, 5.41) is 13.5. The predicted molar refractivity (Wildman–Crippen MR) is 136 cm³/mol. The Morgan fingerprint density at radius 1 is 1.11 bits per heavy atom. The lowest BCUT2D eigenvalue weighted by molar-refractivity contribution is -0.127. The summed E-state index contributed by atoms with van der Waals surface area (Å²) in [5.41, 5.74) is 0.209. The number of halogens is 3. The van der Waals surface area contributed by atoms with E-state index in [1.165, 1.54) is 34.8 Å². The van der Waals surface area contributed by atoms with Gasteiger partial charge < -0.3 is 15.3 Å². The van der Waals surface area contributed by atoms with Crippen molar-refractivity contribution in [2.24, 2.45) is 0 Å². The Kier molecular flexibility index (Phi) is 9.17. The normalized spacial score (nSPS) is 18.1. The summed E-state index contributed by atoms with van der Waals surface area (Å²) >= 11 is 12.4. The lowest BCUT2D eigenvalue weighted by Crippen LogP contribution is -2.50. The van der Waals surface area contributed by atoms with Crippen LogP contribution in [0.25, 0.3) is 0 Å². The molecule has 1 fully saturated rings. The highest BCUT2D eigenvalue weighted by Gasteiger charge is 2.37. The van der Waals surface area contributed by atoms with Crippen LogP contribution in [-0.4, -0.2) is 74.2 Å². The van der Waals surface area contributed by atoms with Crippen molar-refractivity contribution in [2.75, 3.05) is 45.6 Å². The summed E-state index contributed by atoms with van der Waals surface area (Å²) in [6, 6.07) is 9.93. The molecule has 2 aromatic carbocycles. The molecule has 2 N–H and O–H groups in total. The Bertz CT molecular complexity index is 1140. The molecule has 11 heteroatoms. The molecule has 1 aliphatic heterocycles. The minimum absolute atomic E-state index is 0.321. The van der Waals surface area contributed by atoms with Crippen molar-refractivity contribution in [3.8, 4) is 0 Å². The number of aliphatic hydroxyl groups is 1. The summed E-state index contributed by atoms with van der Waals surface area (Å²) < 4.78 is 38.4. The van der Waals surface area contributed by atoms with Gasteiger partial charge in [-0.15, -0.1) is 0 Å². The Morgan fingerprint density at radius 2 is 1.74 bits per heavy atom. The molecule has 1 unspecified atom stereocenters. The predicted octanol–water partition coefficient (Wildman–Crippen LogP) is 3.21. The summed E-state index contributed by atoms with van der Waals surface area (Å²) in [4.78, 5) is 15.8. The second kappa shape index (κ2) is 11.5. The van der Waals surface area contributed by atoms with E-state index in [0.29, 0.717) is 60.3 Å². The van der Waals surface area contributed by atoms with Gasteiger partial charge in [0.1, 0.15) is 5.82 Å². The molecule has 1 saturated heterocycles. The molecule has 192 valence electrons. The largest absolute Gasteiger partial charge is 0.394 e. The smallest absolute Gasteiger partial charge is 0.230 e. The molecule has 1 aliphatic rings. The third-order valence-corrected chi connectivity index (χ3v) is 8.59. The van der Waals surface area contributed by atoms with Crippen LogP contribution in [0.2, 0.25) is 10.0 Å². The van der Waals surface area contributed by atoms with Crippen molar-refractivity contribution in [3.05, 3.63) is 69.5 Å². The van der Waals surface area contributed by atoms with Crippen molar-refractivity contribution in [1.29, 1.82) is 0 Å². The maximum Gasteiger partial charge on any atom is 0.230 e. The first-order valence-corrected chi connectivity index (χ1v) is 13.8. The molecule has 3 rings (SSSR count). The summed E-state index contributed by atoms with van der Waals surface area (Å²) in [7, 11) is -3.24. The number of aliphatic hydroxyl groups excluding tert-OH is 1. The van der Waals surface area contributed by atoms with Gasteiger partial charge in [-0.2, -0.15) is 4.31 Å². The number of hydrogen-bond acceptors (Lipinski definition) is 5. The zero-order valence-corrected chi connectivity index (χ0v) is 22.0. The molecule has 0 aromatic heterocycles. The Labute approximate surface area is 215 Å². The van der Waals surface area contributed by atoms with Crippen molar-refractivity contribution in [2.45, 2.75) is 24.8 Å². The molecule has 7 nitrogen and oxygen atoms in total. The van der Waals surface area contributed by atoms with Crippen LogP contribution in [0.15, 0.2) is 42.5 Å². The van der Waals surface area contributed by atoms with Crippen molar-refractivity contribution < 1.29 is 22.7 Å². The molecule has 2 atom stereocenters. The second-order valence-corrected chi connectivity index (χ2v) is 11.8. The van der Waals surface area contributed by atoms with E-state index in [1.807, 2.05) is 0 Å². The molecule has 2 aromatic rings. The average molecular weight is 546 g/mol. The average Bonchev–Trinajstić information content (AvgIpc) is 2.83. The molecule has 1 amide bonds. The van der Waals surface area contributed by atoms with Crippen LogP contribution >= 0.6 is 23.2 Å². The number of amides is 1. The fourth-order valence-corrected chi connectivity index (χ4v) is 5.27. The van der Waals surface area contributed by atoms with Crippen LogP contribution in [0.1, 0.15) is 30.5 Å². The third-order valence-electron chi connectivity index (χ3n) is 6.55. The van der Waals surface area contributed by atoms with Gasteiger partial charge in [0.25, 0.3) is 0 Å². The fourth-order valence-electron chi connectivity index (χ4n) is 4.14. The number of sulfonamides is 1. The van der Waals surface area contributed by atoms with E-state index in [-0.39, 0.29) is 12.5 Å². The number of nitrogens with one attached hydrogen (secondary N) is 1. The topological polar surface area (TPSA) is 90.0 Å². The summed E-state index contributed by atoms with van der Waals surface area (Å²) in [5.74, 6) is -0.734. The van der Waals surface area contributed by atoms with Gasteiger partial charge in [-0.05, 0) is 55.3 Å². The lowest BCUT2D eigenvalue weighted by Gasteiger charge is -2.37. The molecular weight excluding hydrogens is 516 g/mol. The van der Waals surface area contributed by atoms with Gasteiger partial charge in [0.2, 0.25) is 15.9 Å². The molecule has 0 saturated carbocycles. The standard InChI is InChI=1S/C24H30Cl2FN3O4S/c1-24(18-5-8-20(25)21(26)15-18,9-10-29-11-13-30(14-12-29)35(2,33)34)23(32)28-22(16-31)17-3-6-19(27)7-4-17/h3-8,15,22,31H,9-14,16H2,1-2H3,(H,28,32)/t22-,24?/m1/s1. The van der Waals surface area contributed by atoms with E-state index in [4.69, 9.17) is 23.2 Å². The van der Waals surface area contributed by atoms with Crippen LogP contribution < -0.4 is 5.32 Å². The number of piperazine rings is 1. The van der Waals surface area contributed by atoms with Gasteiger partial charge in [0.05, 0.1) is 34.4 Å². The lowest BCUT2D eigenvalue weighted by atomic mass is 9.78. The van der Waals surface area contributed by atoms with Crippen LogP contribution in [0.5, 0.6) is 0 Å². The first-order chi connectivity index (χ1) is 16.4. The first kappa shape index (κ1) is 27.8. The van der Waals surface area contributed by atoms with Gasteiger partial charge in [-0.25, -0.2) is 12.8 Å². The van der Waals surface area contributed by atoms with E-state index in [0.717, 1.165) is 0 Å². The van der Waals surface area contributed by atoms with Crippen LogP contribution in [-0.2, 0) is 20.2 Å². The maximum absolute atomic E-state index is 13.6. The van der Waals surface area contributed by atoms with E-state index >= 15 is 0 Å². The zero-order chi connectivity index (χ0) is 25.8. The number of hydrogen-bond donors (Lipinski definition) is 2. The van der Waals surface area contributed by atoms with Gasteiger partial charge in [0, 0.05) is 26.2 Å². The molecular formula is C24H30Cl2FN3O4S. The SMILES string of the molecule is CC(CCN1CCN(S(C)(=O)=O)CC1)(C(=O)N[C@H](CO)c1ccc(F)cc1)c1ccc(Cl)c(Cl)c1. The first-order valence-electron chi connectivity index (χ1n) is 11.2. The fraction of sp³-hybridized carbons (Fsp3) is 0.458. The van der Waals surface area contributed by atoms with E-state index in [2.05, 4.69) is 10.2 Å². The third kappa shape index (κ3) is 6.93. The maximum atomic E-state index is 13.6. The number of carbonyl (C=O) groups is 1. The minimum Gasteiger partial charge on any atom is -0.394 e. The molecule has 35 heavy (non-hydrogen) atoms. The highest BCUT2D eigenvalue weighted by Crippen LogP contribution is 2.34. The molecule has 0 spiro atoms. The Hall–Kier alpha value is -1.75. The summed E-state index contributed by atoms with van der Waals surface area (Å²) in [6.07, 6.45) is 1.62.